The number of aromatic nitrogens is 4. The van der Waals surface area contributed by atoms with Gasteiger partial charge in [0.1, 0.15) is 18.3 Å². The summed E-state index contributed by atoms with van der Waals surface area (Å²) in [5.41, 5.74) is 5.44. The lowest BCUT2D eigenvalue weighted by atomic mass is 10.1. The third-order valence-electron chi connectivity index (χ3n) is 3.64. The van der Waals surface area contributed by atoms with Crippen LogP contribution < -0.4 is 11.3 Å². The van der Waals surface area contributed by atoms with Gasteiger partial charge in [0.2, 0.25) is 5.95 Å². The number of aryl methyl sites for hydroxylation is 1. The van der Waals surface area contributed by atoms with Crippen LogP contribution in [-0.4, -0.2) is 59.3 Å². The number of rotatable bonds is 2. The Morgan fingerprint density at radius 2 is 2.14 bits per heavy atom. The number of ether oxygens (including phenoxy) is 1. The van der Waals surface area contributed by atoms with Crippen LogP contribution in [0.25, 0.3) is 11.2 Å². The topological polar surface area (TPSA) is 149 Å². The van der Waals surface area contributed by atoms with Gasteiger partial charge in [-0.1, -0.05) is 0 Å². The third-order valence-corrected chi connectivity index (χ3v) is 3.64. The quantitative estimate of drug-likeness (QED) is 0.468. The minimum atomic E-state index is -1.27. The molecule has 21 heavy (non-hydrogen) atoms. The number of nitrogens with two attached hydrogens (primary N) is 1. The van der Waals surface area contributed by atoms with Crippen molar-refractivity contribution in [2.24, 2.45) is 7.05 Å². The first-order valence-corrected chi connectivity index (χ1v) is 6.27. The Kier molecular flexibility index (Phi) is 3.17. The lowest BCUT2D eigenvalue weighted by molar-refractivity contribution is -0.0512. The number of nitrogen functional groups attached to an aromatic ring is 1. The Balaban J connectivity index is 2.16. The van der Waals surface area contributed by atoms with E-state index in [4.69, 9.17) is 15.6 Å². The van der Waals surface area contributed by atoms with Gasteiger partial charge in [0.25, 0.3) is 0 Å². The molecule has 1 saturated heterocycles. The molecule has 4 atom stereocenters. The zero-order chi connectivity index (χ0) is 15.3. The summed E-state index contributed by atoms with van der Waals surface area (Å²) in [7, 11) is 1.59. The van der Waals surface area contributed by atoms with Gasteiger partial charge >= 0.3 is 5.56 Å². The first kappa shape index (κ1) is 13.9. The first-order valence-electron chi connectivity index (χ1n) is 6.27. The van der Waals surface area contributed by atoms with Gasteiger partial charge in [-0.15, -0.1) is 0 Å². The SMILES string of the molecule is Cn1c(N)nc(=O)c2ncn([C@@H]3O[C@H](CO)C(O)C3O)c21. The Bertz CT molecular complexity index is 740. The van der Waals surface area contributed by atoms with Gasteiger partial charge in [-0.25, -0.2) is 4.98 Å². The summed E-state index contributed by atoms with van der Waals surface area (Å²) in [6, 6.07) is 0. The van der Waals surface area contributed by atoms with Crippen LogP contribution >= 0.6 is 0 Å². The number of aliphatic hydroxyl groups is 3. The van der Waals surface area contributed by atoms with Crippen molar-refractivity contribution in [3.63, 3.8) is 0 Å². The van der Waals surface area contributed by atoms with Gasteiger partial charge in [0.15, 0.2) is 17.4 Å². The molecule has 1 aliphatic rings. The van der Waals surface area contributed by atoms with Crippen LogP contribution in [0, 0.1) is 0 Å². The number of hydrogen-bond acceptors (Lipinski definition) is 8. The molecule has 114 valence electrons. The monoisotopic (exact) mass is 297 g/mol. The Morgan fingerprint density at radius 3 is 2.76 bits per heavy atom. The molecule has 2 aromatic heterocycles. The smallest absolute Gasteiger partial charge is 0.302 e. The van der Waals surface area contributed by atoms with E-state index in [1.807, 2.05) is 0 Å². The third kappa shape index (κ3) is 1.92. The predicted octanol–water partition coefficient (Wildman–Crippen LogP) is -2.68. The van der Waals surface area contributed by atoms with Crippen LogP contribution in [0.5, 0.6) is 0 Å². The van der Waals surface area contributed by atoms with E-state index in [-0.39, 0.29) is 11.5 Å². The molecule has 0 aromatic carbocycles. The van der Waals surface area contributed by atoms with Crippen molar-refractivity contribution in [3.8, 4) is 0 Å². The van der Waals surface area contributed by atoms with Crippen molar-refractivity contribution in [2.75, 3.05) is 12.3 Å². The van der Waals surface area contributed by atoms with Crippen molar-refractivity contribution in [1.29, 1.82) is 0 Å². The molecule has 2 aromatic rings. The van der Waals surface area contributed by atoms with Crippen LogP contribution in [0.4, 0.5) is 5.95 Å². The molecule has 0 radical (unpaired) electrons. The standard InChI is InChI=1S/C11H15N5O5/c1-15-9-5(8(20)14-11(15)12)13-3-16(9)10-7(19)6(18)4(2-17)21-10/h3-4,6-7,10,17-19H,2H2,1H3,(H2,12,14,20)/t4-,6?,7?,10-/m1/s1. The van der Waals surface area contributed by atoms with E-state index in [9.17, 15) is 15.0 Å². The van der Waals surface area contributed by atoms with Gasteiger partial charge < -0.3 is 25.8 Å². The maximum Gasteiger partial charge on any atom is 0.302 e. The first-order chi connectivity index (χ1) is 9.95. The number of aliphatic hydroxyl groups excluding tert-OH is 3. The molecule has 3 rings (SSSR count). The molecule has 0 amide bonds. The average molecular weight is 297 g/mol. The van der Waals surface area contributed by atoms with Crippen molar-refractivity contribution >= 4 is 17.1 Å². The summed E-state index contributed by atoms with van der Waals surface area (Å²) < 4.78 is 8.23. The van der Waals surface area contributed by atoms with E-state index in [1.165, 1.54) is 15.5 Å². The lowest BCUT2D eigenvalue weighted by Gasteiger charge is -2.18. The van der Waals surface area contributed by atoms with E-state index < -0.39 is 36.7 Å². The normalized spacial score (nSPS) is 29.3. The molecule has 10 nitrogen and oxygen atoms in total. The molecule has 2 unspecified atom stereocenters. The number of imidazole rings is 1. The highest BCUT2D eigenvalue weighted by Crippen LogP contribution is 2.31. The van der Waals surface area contributed by atoms with Crippen LogP contribution in [0.1, 0.15) is 6.23 Å². The molecule has 0 spiro atoms. The zero-order valence-electron chi connectivity index (χ0n) is 11.1. The molecule has 0 bridgehead atoms. The molecule has 10 heteroatoms. The molecule has 1 aliphatic heterocycles. The fourth-order valence-electron chi connectivity index (χ4n) is 2.47. The molecule has 0 aliphatic carbocycles. The molecule has 0 saturated carbocycles. The Labute approximate surface area is 118 Å². The fraction of sp³-hybridized carbons (Fsp3) is 0.545. The largest absolute Gasteiger partial charge is 0.394 e. The molecule has 1 fully saturated rings. The van der Waals surface area contributed by atoms with E-state index in [0.717, 1.165) is 0 Å². The van der Waals surface area contributed by atoms with Crippen LogP contribution in [0.15, 0.2) is 11.1 Å². The fourth-order valence-corrected chi connectivity index (χ4v) is 2.47. The van der Waals surface area contributed by atoms with Crippen LogP contribution in [-0.2, 0) is 11.8 Å². The van der Waals surface area contributed by atoms with E-state index >= 15 is 0 Å². The van der Waals surface area contributed by atoms with Gasteiger partial charge in [-0.05, 0) is 0 Å². The average Bonchev–Trinajstić information content (AvgIpc) is 3.00. The van der Waals surface area contributed by atoms with E-state index in [0.29, 0.717) is 5.65 Å². The Morgan fingerprint density at radius 1 is 1.43 bits per heavy atom. The molecule has 3 heterocycles. The minimum Gasteiger partial charge on any atom is -0.394 e. The van der Waals surface area contributed by atoms with Gasteiger partial charge in [-0.3, -0.25) is 13.9 Å². The number of anilines is 1. The maximum atomic E-state index is 11.8. The summed E-state index contributed by atoms with van der Waals surface area (Å²) in [6.07, 6.45) is -3.13. The minimum absolute atomic E-state index is 0.0130. The second-order valence-corrected chi connectivity index (χ2v) is 4.89. The highest BCUT2D eigenvalue weighted by Gasteiger charge is 2.44. The lowest BCUT2D eigenvalue weighted by Crippen LogP contribution is -2.33. The number of nitrogens with zero attached hydrogens (tertiary/aromatic N) is 4. The number of hydrogen-bond donors (Lipinski definition) is 4. The molecular formula is C11H15N5O5. The van der Waals surface area contributed by atoms with Crippen LogP contribution in [0.2, 0.25) is 0 Å². The van der Waals surface area contributed by atoms with Crippen LogP contribution in [0.3, 0.4) is 0 Å². The summed E-state index contributed by atoms with van der Waals surface area (Å²) in [5, 5.41) is 29.0. The van der Waals surface area contributed by atoms with Gasteiger partial charge in [0.05, 0.1) is 12.9 Å². The summed E-state index contributed by atoms with van der Waals surface area (Å²) in [5.74, 6) is -0.0130. The van der Waals surface area contributed by atoms with Crippen molar-refractivity contribution in [2.45, 2.75) is 24.5 Å². The second kappa shape index (κ2) is 4.77. The van der Waals surface area contributed by atoms with Crippen molar-refractivity contribution in [1.82, 2.24) is 19.1 Å². The van der Waals surface area contributed by atoms with Gasteiger partial charge in [-0.2, -0.15) is 4.98 Å². The molecular weight excluding hydrogens is 282 g/mol. The van der Waals surface area contributed by atoms with Crippen molar-refractivity contribution in [3.05, 3.63) is 16.7 Å². The number of fused-ring (bicyclic) bond motifs is 1. The van der Waals surface area contributed by atoms with Crippen molar-refractivity contribution < 1.29 is 20.1 Å². The summed E-state index contributed by atoms with van der Waals surface area (Å²) in [6.45, 7) is -0.440. The Hall–Kier alpha value is -2.01. The highest BCUT2D eigenvalue weighted by atomic mass is 16.6. The highest BCUT2D eigenvalue weighted by molar-refractivity contribution is 5.71. The molecule has 5 N–H and O–H groups in total. The summed E-state index contributed by atoms with van der Waals surface area (Å²) >= 11 is 0. The van der Waals surface area contributed by atoms with E-state index in [1.54, 1.807) is 7.05 Å². The predicted molar refractivity (Wildman–Crippen MR) is 70.2 cm³/mol. The summed E-state index contributed by atoms with van der Waals surface area (Å²) in [4.78, 5) is 19.3. The van der Waals surface area contributed by atoms with E-state index in [2.05, 4.69) is 9.97 Å². The van der Waals surface area contributed by atoms with Gasteiger partial charge in [0, 0.05) is 7.05 Å². The zero-order valence-corrected chi connectivity index (χ0v) is 11.1. The second-order valence-electron chi connectivity index (χ2n) is 4.89. The maximum absolute atomic E-state index is 11.8.